The Kier molecular flexibility index (Phi) is 7.29. The van der Waals surface area contributed by atoms with Crippen LogP contribution in [0.1, 0.15) is 22.3 Å². The summed E-state index contributed by atoms with van der Waals surface area (Å²) in [7, 11) is 1.36. The molecule has 8 nitrogen and oxygen atoms in total. The summed E-state index contributed by atoms with van der Waals surface area (Å²) in [5.41, 5.74) is -0.167. The van der Waals surface area contributed by atoms with Crippen molar-refractivity contribution < 1.29 is 24.0 Å². The number of Topliss-reactive ketones (excluding diaryl/α,β-unsaturated/α-hetero) is 1. The van der Waals surface area contributed by atoms with Gasteiger partial charge in [0.2, 0.25) is 11.8 Å². The molecule has 1 aliphatic heterocycles. The lowest BCUT2D eigenvalue weighted by atomic mass is 9.59. The van der Waals surface area contributed by atoms with Crippen molar-refractivity contribution in [2.45, 2.75) is 10.8 Å². The highest BCUT2D eigenvalue weighted by atomic mass is 35.5. The van der Waals surface area contributed by atoms with Gasteiger partial charge in [-0.2, -0.15) is 0 Å². The van der Waals surface area contributed by atoms with Gasteiger partial charge in [0.05, 0.1) is 34.7 Å². The number of ketones is 1. The number of allylic oxidation sites excluding steroid dienone is 2. The molecule has 2 bridgehead atoms. The number of ether oxygens (including phenoxy) is 1. The van der Waals surface area contributed by atoms with Gasteiger partial charge < -0.3 is 4.74 Å². The van der Waals surface area contributed by atoms with E-state index in [1.54, 1.807) is 48.5 Å². The molecule has 3 aliphatic rings. The van der Waals surface area contributed by atoms with Crippen LogP contribution in [0.3, 0.4) is 0 Å². The number of carbonyl (C=O) groups is 3. The number of anilines is 1. The largest absolute Gasteiger partial charge is 0.495 e. The van der Waals surface area contributed by atoms with Gasteiger partial charge in [0.15, 0.2) is 5.78 Å². The van der Waals surface area contributed by atoms with Gasteiger partial charge in [-0.15, -0.1) is 0 Å². The van der Waals surface area contributed by atoms with Crippen molar-refractivity contribution in [3.63, 3.8) is 0 Å². The third-order valence-electron chi connectivity index (χ3n) is 10.3. The van der Waals surface area contributed by atoms with Crippen molar-refractivity contribution in [3.05, 3.63) is 170 Å². The summed E-state index contributed by atoms with van der Waals surface area (Å²) in [6.07, 6.45) is 0. The van der Waals surface area contributed by atoms with E-state index in [9.17, 15) is 10.1 Å². The highest BCUT2D eigenvalue weighted by Gasteiger charge is 2.83. The van der Waals surface area contributed by atoms with E-state index in [4.69, 9.17) is 27.9 Å². The lowest BCUT2D eigenvalue weighted by Gasteiger charge is -2.39. The second kappa shape index (κ2) is 11.5. The molecule has 8 rings (SSSR count). The van der Waals surface area contributed by atoms with Crippen LogP contribution in [-0.4, -0.2) is 29.6 Å². The van der Waals surface area contributed by atoms with E-state index in [1.807, 2.05) is 60.7 Å². The van der Waals surface area contributed by atoms with Gasteiger partial charge in [0, 0.05) is 22.2 Å². The molecule has 0 radical (unpaired) electrons. The Labute approximate surface area is 296 Å². The molecule has 0 aromatic heterocycles. The fourth-order valence-corrected chi connectivity index (χ4v) is 8.81. The zero-order valence-corrected chi connectivity index (χ0v) is 27.9. The van der Waals surface area contributed by atoms with Crippen LogP contribution in [-0.2, 0) is 25.2 Å². The molecular formula is C40H26Cl2N2O6. The molecule has 246 valence electrons. The SMILES string of the molecule is COc1ccc([N+](=O)[O-])cc1N1C(=O)[C@@H]2[C@H](C1=O)[C@@]1(c3ccc(Cl)cc3)C(=O)[C@@]2(c2ccc(Cl)cc2)C(c2ccccc2)=C1c1ccccc1. The van der Waals surface area contributed by atoms with Crippen molar-refractivity contribution in [1.82, 2.24) is 0 Å². The van der Waals surface area contributed by atoms with Gasteiger partial charge in [0.1, 0.15) is 11.4 Å². The molecule has 0 spiro atoms. The standard InChI is InChI=1S/C40H26Cl2N2O6/c1-50-31-21-20-29(44(48)49)22-30(31)43-36(45)34-35(37(43)46)40(26-14-18-28(42)19-15-26)33(24-10-6-3-7-11-24)32(23-8-4-2-5-9-23)39(34,38(40)47)25-12-16-27(41)17-13-25/h2-22,34-35H,1H3/t34-,35+,39-,40-/m0/s1. The fourth-order valence-electron chi connectivity index (χ4n) is 8.56. The van der Waals surface area contributed by atoms with Crippen molar-refractivity contribution in [2.75, 3.05) is 12.0 Å². The smallest absolute Gasteiger partial charge is 0.271 e. The first-order valence-electron chi connectivity index (χ1n) is 15.8. The van der Waals surface area contributed by atoms with Crippen LogP contribution in [0.25, 0.3) is 11.1 Å². The zero-order chi connectivity index (χ0) is 34.9. The third-order valence-corrected chi connectivity index (χ3v) is 10.8. The van der Waals surface area contributed by atoms with Crippen molar-refractivity contribution in [2.24, 2.45) is 11.8 Å². The molecule has 0 unspecified atom stereocenters. The number of halogens is 2. The molecule has 5 aromatic carbocycles. The van der Waals surface area contributed by atoms with Crippen LogP contribution in [0.4, 0.5) is 11.4 Å². The summed E-state index contributed by atoms with van der Waals surface area (Å²) < 4.78 is 5.55. The van der Waals surface area contributed by atoms with Gasteiger partial charge in [-0.1, -0.05) is 108 Å². The summed E-state index contributed by atoms with van der Waals surface area (Å²) in [4.78, 5) is 58.8. The molecule has 1 heterocycles. The van der Waals surface area contributed by atoms with Gasteiger partial charge in [0.25, 0.3) is 5.69 Å². The number of carbonyl (C=O) groups excluding carboxylic acids is 3. The van der Waals surface area contributed by atoms with Crippen LogP contribution in [0.5, 0.6) is 5.75 Å². The summed E-state index contributed by atoms with van der Waals surface area (Å²) in [6, 6.07) is 36.2. The maximum Gasteiger partial charge on any atom is 0.271 e. The number of benzene rings is 5. The Bertz CT molecular complexity index is 2150. The van der Waals surface area contributed by atoms with Crippen LogP contribution < -0.4 is 9.64 Å². The number of hydrogen-bond acceptors (Lipinski definition) is 6. The molecule has 2 fully saturated rings. The highest BCUT2D eigenvalue weighted by Crippen LogP contribution is 2.74. The first kappa shape index (κ1) is 31.7. The number of amides is 2. The topological polar surface area (TPSA) is 107 Å². The van der Waals surface area contributed by atoms with Crippen molar-refractivity contribution >= 4 is 63.3 Å². The Morgan fingerprint density at radius 1 is 0.660 bits per heavy atom. The molecule has 2 aliphatic carbocycles. The lowest BCUT2D eigenvalue weighted by Crippen LogP contribution is -2.45. The predicted octanol–water partition coefficient (Wildman–Crippen LogP) is 8.10. The first-order chi connectivity index (χ1) is 24.2. The van der Waals surface area contributed by atoms with Crippen LogP contribution >= 0.6 is 23.2 Å². The molecule has 0 N–H and O–H groups in total. The number of nitrogens with zero attached hydrogens (tertiary/aromatic N) is 2. The number of hydrogen-bond donors (Lipinski definition) is 0. The number of nitro benzene ring substituents is 1. The molecule has 1 saturated heterocycles. The predicted molar refractivity (Wildman–Crippen MR) is 190 cm³/mol. The van der Waals surface area contributed by atoms with Crippen LogP contribution in [0, 0.1) is 22.0 Å². The van der Waals surface area contributed by atoms with Gasteiger partial charge in [-0.05, 0) is 63.7 Å². The first-order valence-corrected chi connectivity index (χ1v) is 16.6. The van der Waals surface area contributed by atoms with Crippen LogP contribution in [0.2, 0.25) is 10.0 Å². The molecule has 10 heteroatoms. The Morgan fingerprint density at radius 3 is 1.50 bits per heavy atom. The van der Waals surface area contributed by atoms with E-state index in [0.29, 0.717) is 43.4 Å². The molecule has 4 atom stereocenters. The van der Waals surface area contributed by atoms with E-state index in [2.05, 4.69) is 0 Å². The molecule has 5 aromatic rings. The van der Waals surface area contributed by atoms with E-state index in [-0.39, 0.29) is 22.9 Å². The normalized spacial score (nSPS) is 23.8. The Hall–Kier alpha value is -5.57. The maximum atomic E-state index is 16.0. The van der Waals surface area contributed by atoms with Crippen molar-refractivity contribution in [1.29, 1.82) is 0 Å². The average molecular weight is 702 g/mol. The molecule has 50 heavy (non-hydrogen) atoms. The number of nitro groups is 1. The number of non-ortho nitro benzene ring substituents is 1. The third kappa shape index (κ3) is 4.09. The maximum absolute atomic E-state index is 16.0. The van der Waals surface area contributed by atoms with E-state index in [0.717, 1.165) is 11.0 Å². The minimum Gasteiger partial charge on any atom is -0.495 e. The van der Waals surface area contributed by atoms with Crippen molar-refractivity contribution in [3.8, 4) is 5.75 Å². The Balaban J connectivity index is 1.54. The molecule has 1 saturated carbocycles. The lowest BCUT2D eigenvalue weighted by molar-refractivity contribution is -0.384. The number of methoxy groups -OCH3 is 1. The van der Waals surface area contributed by atoms with E-state index >= 15 is 14.4 Å². The average Bonchev–Trinajstić information content (AvgIpc) is 3.64. The molecule has 2 amide bonds. The monoisotopic (exact) mass is 700 g/mol. The second-order valence-corrected chi connectivity index (χ2v) is 13.4. The minimum atomic E-state index is -1.68. The molecular weight excluding hydrogens is 675 g/mol. The van der Waals surface area contributed by atoms with Gasteiger partial charge >= 0.3 is 0 Å². The number of rotatable bonds is 7. The summed E-state index contributed by atoms with van der Waals surface area (Å²) in [5.74, 6) is -4.06. The van der Waals surface area contributed by atoms with E-state index < -0.39 is 39.4 Å². The number of imide groups is 1. The van der Waals surface area contributed by atoms with Gasteiger partial charge in [-0.3, -0.25) is 24.5 Å². The van der Waals surface area contributed by atoms with Gasteiger partial charge in [-0.25, -0.2) is 4.90 Å². The van der Waals surface area contributed by atoms with E-state index in [1.165, 1.54) is 19.2 Å². The zero-order valence-electron chi connectivity index (χ0n) is 26.4. The fraction of sp³-hybridized carbons (Fsp3) is 0.125. The summed E-state index contributed by atoms with van der Waals surface area (Å²) in [5, 5.41) is 12.8. The Morgan fingerprint density at radius 2 is 1.10 bits per heavy atom. The summed E-state index contributed by atoms with van der Waals surface area (Å²) in [6.45, 7) is 0. The minimum absolute atomic E-state index is 0.0713. The summed E-state index contributed by atoms with van der Waals surface area (Å²) >= 11 is 12.8. The van der Waals surface area contributed by atoms with Crippen LogP contribution in [0.15, 0.2) is 127 Å². The second-order valence-electron chi connectivity index (χ2n) is 12.5. The highest BCUT2D eigenvalue weighted by molar-refractivity contribution is 6.39. The number of fused-ring (bicyclic) bond motifs is 5. The quantitative estimate of drug-likeness (QED) is 0.0965.